The molecule has 0 aliphatic heterocycles. The molecule has 5 rings (SSSR count). The highest BCUT2D eigenvalue weighted by molar-refractivity contribution is 5.67. The van der Waals surface area contributed by atoms with Gasteiger partial charge >= 0.3 is 0 Å². The molecular weight excluding hydrogens is 292 g/mol. The summed E-state index contributed by atoms with van der Waals surface area (Å²) in [6.45, 7) is 4.90. The van der Waals surface area contributed by atoms with Gasteiger partial charge in [-0.1, -0.05) is 50.3 Å². The molecule has 0 heterocycles. The third kappa shape index (κ3) is 1.18. The lowest BCUT2D eigenvalue weighted by molar-refractivity contribution is 0.145. The molecule has 0 spiro atoms. The van der Waals surface area contributed by atoms with Crippen molar-refractivity contribution in [2.24, 2.45) is 17.3 Å². The molecule has 4 N–H and O–H groups in total. The van der Waals surface area contributed by atoms with Crippen molar-refractivity contribution >= 4 is 11.4 Å². The number of rotatable bonds is 2. The highest BCUT2D eigenvalue weighted by Crippen LogP contribution is 2.94. The zero-order valence-electron chi connectivity index (χ0n) is 14.3. The van der Waals surface area contributed by atoms with Crippen LogP contribution in [0.4, 0.5) is 11.4 Å². The minimum Gasteiger partial charge on any atom is -0.399 e. The maximum atomic E-state index is 5.95. The minimum absolute atomic E-state index is 0.182. The van der Waals surface area contributed by atoms with Crippen LogP contribution in [0.5, 0.6) is 0 Å². The van der Waals surface area contributed by atoms with E-state index in [9.17, 15) is 0 Å². The first kappa shape index (κ1) is 14.2. The van der Waals surface area contributed by atoms with Crippen LogP contribution in [0.2, 0.25) is 0 Å². The molecule has 2 aromatic carbocycles. The molecule has 0 amide bonds. The molecule has 122 valence electrons. The Labute approximate surface area is 143 Å². The van der Waals surface area contributed by atoms with Crippen molar-refractivity contribution in [3.05, 3.63) is 71.8 Å². The van der Waals surface area contributed by atoms with Gasteiger partial charge in [0.2, 0.25) is 0 Å². The molecule has 0 bridgehead atoms. The van der Waals surface area contributed by atoms with Gasteiger partial charge in [0.15, 0.2) is 0 Å². The van der Waals surface area contributed by atoms with Gasteiger partial charge in [-0.25, -0.2) is 0 Å². The fourth-order valence-electron chi connectivity index (χ4n) is 6.90. The average molecular weight is 316 g/mol. The lowest BCUT2D eigenvalue weighted by atomic mass is 9.54. The fourth-order valence-corrected chi connectivity index (χ4v) is 6.90. The number of hydrogen-bond acceptors (Lipinski definition) is 2. The zero-order valence-corrected chi connectivity index (χ0v) is 14.3. The minimum atomic E-state index is 0.182. The summed E-state index contributed by atoms with van der Waals surface area (Å²) in [7, 11) is 0. The second-order valence-corrected chi connectivity index (χ2v) is 8.28. The van der Waals surface area contributed by atoms with E-state index in [1.165, 1.54) is 17.5 Å². The Hall–Kier alpha value is -2.22. The molecule has 0 radical (unpaired) electrons. The highest BCUT2D eigenvalue weighted by Gasteiger charge is 2.95. The largest absolute Gasteiger partial charge is 0.399 e. The Morgan fingerprint density at radius 2 is 1.29 bits per heavy atom. The summed E-state index contributed by atoms with van der Waals surface area (Å²) in [4.78, 5) is 0. The molecule has 3 aliphatic carbocycles. The summed E-state index contributed by atoms with van der Waals surface area (Å²) in [6, 6.07) is 17.2. The Morgan fingerprint density at radius 1 is 0.792 bits per heavy atom. The molecule has 4 atom stereocenters. The van der Waals surface area contributed by atoms with Crippen molar-refractivity contribution in [2.45, 2.75) is 31.1 Å². The van der Waals surface area contributed by atoms with Crippen LogP contribution in [-0.2, 0) is 10.8 Å². The Bertz CT molecular complexity index is 847. The molecule has 2 saturated carbocycles. The normalized spacial score (nSPS) is 37.4. The van der Waals surface area contributed by atoms with E-state index in [2.05, 4.69) is 74.5 Å². The van der Waals surface area contributed by atoms with Crippen molar-refractivity contribution in [1.82, 2.24) is 0 Å². The van der Waals surface area contributed by atoms with Gasteiger partial charge in [0, 0.05) is 22.2 Å². The number of allylic oxidation sites excluding steroid dienone is 2. The lowest BCUT2D eigenvalue weighted by Crippen LogP contribution is -2.49. The number of benzene rings is 2. The van der Waals surface area contributed by atoms with Gasteiger partial charge in [-0.2, -0.15) is 0 Å². The molecule has 0 aromatic heterocycles. The van der Waals surface area contributed by atoms with Gasteiger partial charge in [0.1, 0.15) is 0 Å². The van der Waals surface area contributed by atoms with Crippen LogP contribution in [0.15, 0.2) is 60.7 Å². The topological polar surface area (TPSA) is 52.0 Å². The number of anilines is 2. The standard InChI is InChI=1S/C22H24N2/c1-20(2)21(14-6-10-16(23)11-7-14)18-4-3-5-19(18)22(20,21)15-8-12-17(24)13-9-15/h3-4,6-13,18-19H,5,23-24H2,1-2H3/t18-,19+,21-,22+/m1/s1. The van der Waals surface area contributed by atoms with Gasteiger partial charge in [0.05, 0.1) is 0 Å². The molecular formula is C22H24N2. The van der Waals surface area contributed by atoms with Crippen LogP contribution >= 0.6 is 0 Å². The monoisotopic (exact) mass is 316 g/mol. The summed E-state index contributed by atoms with van der Waals surface area (Å²) in [5.74, 6) is 1.34. The first-order chi connectivity index (χ1) is 11.5. The first-order valence-corrected chi connectivity index (χ1v) is 8.86. The average Bonchev–Trinajstić information content (AvgIpc) is 2.82. The van der Waals surface area contributed by atoms with E-state index < -0.39 is 0 Å². The lowest BCUT2D eigenvalue weighted by Gasteiger charge is -2.48. The van der Waals surface area contributed by atoms with Gasteiger partial charge in [0.25, 0.3) is 0 Å². The molecule has 0 saturated heterocycles. The van der Waals surface area contributed by atoms with E-state index in [-0.39, 0.29) is 16.2 Å². The maximum absolute atomic E-state index is 5.95. The summed E-state index contributed by atoms with van der Waals surface area (Å²) < 4.78 is 0. The summed E-state index contributed by atoms with van der Waals surface area (Å²) in [6.07, 6.45) is 6.04. The number of fused-ring (bicyclic) bond motifs is 4. The van der Waals surface area contributed by atoms with Gasteiger partial charge < -0.3 is 11.5 Å². The van der Waals surface area contributed by atoms with Crippen LogP contribution in [0.3, 0.4) is 0 Å². The molecule has 2 fully saturated rings. The van der Waals surface area contributed by atoms with Crippen LogP contribution in [0, 0.1) is 17.3 Å². The Balaban J connectivity index is 1.74. The number of hydrogen-bond donors (Lipinski definition) is 2. The number of nitrogens with two attached hydrogens (primary N) is 2. The van der Waals surface area contributed by atoms with Crippen LogP contribution in [-0.4, -0.2) is 0 Å². The second-order valence-electron chi connectivity index (χ2n) is 8.28. The van der Waals surface area contributed by atoms with Crippen LogP contribution in [0.1, 0.15) is 31.4 Å². The third-order valence-electron chi connectivity index (χ3n) is 7.49. The summed E-state index contributed by atoms with van der Waals surface area (Å²) in [5, 5.41) is 0. The van der Waals surface area contributed by atoms with Gasteiger partial charge in [-0.3, -0.25) is 0 Å². The van der Waals surface area contributed by atoms with E-state index in [1.807, 2.05) is 0 Å². The van der Waals surface area contributed by atoms with E-state index in [0.29, 0.717) is 11.8 Å². The first-order valence-electron chi connectivity index (χ1n) is 8.86. The molecule has 3 aliphatic rings. The van der Waals surface area contributed by atoms with E-state index in [4.69, 9.17) is 11.5 Å². The van der Waals surface area contributed by atoms with E-state index in [1.54, 1.807) is 0 Å². The van der Waals surface area contributed by atoms with Crippen molar-refractivity contribution in [3.8, 4) is 0 Å². The highest BCUT2D eigenvalue weighted by atomic mass is 15.0. The Kier molecular flexibility index (Phi) is 2.39. The van der Waals surface area contributed by atoms with Crippen molar-refractivity contribution < 1.29 is 0 Å². The van der Waals surface area contributed by atoms with E-state index in [0.717, 1.165) is 11.4 Å². The fraction of sp³-hybridized carbons (Fsp3) is 0.364. The Morgan fingerprint density at radius 3 is 1.83 bits per heavy atom. The molecule has 2 aromatic rings. The quantitative estimate of drug-likeness (QED) is 0.642. The van der Waals surface area contributed by atoms with Gasteiger partial charge in [-0.05, 0) is 59.1 Å². The van der Waals surface area contributed by atoms with E-state index >= 15 is 0 Å². The predicted octanol–water partition coefficient (Wildman–Crippen LogP) is 4.27. The van der Waals surface area contributed by atoms with Crippen molar-refractivity contribution in [1.29, 1.82) is 0 Å². The smallest absolute Gasteiger partial charge is 0.0314 e. The van der Waals surface area contributed by atoms with Crippen LogP contribution in [0.25, 0.3) is 0 Å². The maximum Gasteiger partial charge on any atom is 0.0314 e. The number of nitrogen functional groups attached to an aromatic ring is 2. The van der Waals surface area contributed by atoms with Gasteiger partial charge in [-0.15, -0.1) is 0 Å². The molecule has 24 heavy (non-hydrogen) atoms. The molecule has 0 unspecified atom stereocenters. The zero-order chi connectivity index (χ0) is 16.7. The summed E-state index contributed by atoms with van der Waals surface area (Å²) >= 11 is 0. The second kappa shape index (κ2) is 4.05. The molecule has 2 nitrogen and oxygen atoms in total. The van der Waals surface area contributed by atoms with Crippen molar-refractivity contribution in [2.75, 3.05) is 11.5 Å². The molecule has 2 heteroatoms. The third-order valence-corrected chi connectivity index (χ3v) is 7.49. The predicted molar refractivity (Wildman–Crippen MR) is 99.6 cm³/mol. The van der Waals surface area contributed by atoms with Crippen LogP contribution < -0.4 is 11.5 Å². The SMILES string of the molecule is CC1(C)[C@]2(c3ccc(N)cc3)[C@H]3CC=C[C@H]3[C@]12c1ccc(N)cc1. The van der Waals surface area contributed by atoms with Crippen molar-refractivity contribution in [3.63, 3.8) is 0 Å². The summed E-state index contributed by atoms with van der Waals surface area (Å²) in [5.41, 5.74) is 17.1.